The standard InChI is InChI=1S/C12H18N2O/c13-8-10-4-6-14(9-10)7-5-11-2-1-3-12(11)15/h10-11H,1-7,9H2. The second kappa shape index (κ2) is 4.76. The quantitative estimate of drug-likeness (QED) is 0.704. The second-order valence-corrected chi connectivity index (χ2v) is 4.76. The summed E-state index contributed by atoms with van der Waals surface area (Å²) in [5.41, 5.74) is 0. The van der Waals surface area contributed by atoms with Crippen molar-refractivity contribution in [3.05, 3.63) is 0 Å². The van der Waals surface area contributed by atoms with Crippen molar-refractivity contribution in [3.63, 3.8) is 0 Å². The molecule has 0 bridgehead atoms. The molecule has 1 aliphatic carbocycles. The normalized spacial score (nSPS) is 32.1. The van der Waals surface area contributed by atoms with Gasteiger partial charge in [0.1, 0.15) is 5.78 Å². The Morgan fingerprint density at radius 3 is 2.93 bits per heavy atom. The summed E-state index contributed by atoms with van der Waals surface area (Å²) in [7, 11) is 0. The number of rotatable bonds is 3. The molecular weight excluding hydrogens is 188 g/mol. The Kier molecular flexibility index (Phi) is 3.37. The Balaban J connectivity index is 1.70. The first-order chi connectivity index (χ1) is 7.29. The summed E-state index contributed by atoms with van der Waals surface area (Å²) in [5, 5.41) is 8.77. The number of Topliss-reactive ketones (excluding diaryl/α,β-unsaturated/α-hetero) is 1. The number of carbonyl (C=O) groups excluding carboxylic acids is 1. The van der Waals surface area contributed by atoms with E-state index in [1.165, 1.54) is 0 Å². The zero-order valence-electron chi connectivity index (χ0n) is 9.11. The highest BCUT2D eigenvalue weighted by Gasteiger charge is 2.27. The Hall–Kier alpha value is -0.880. The number of ketones is 1. The van der Waals surface area contributed by atoms with Crippen LogP contribution in [-0.2, 0) is 4.79 Å². The Bertz CT molecular complexity index is 282. The number of hydrogen-bond acceptors (Lipinski definition) is 3. The molecular formula is C12H18N2O. The Morgan fingerprint density at radius 2 is 2.33 bits per heavy atom. The summed E-state index contributed by atoms with van der Waals surface area (Å²) < 4.78 is 0. The molecule has 2 unspecified atom stereocenters. The van der Waals surface area contributed by atoms with Crippen LogP contribution in [0.2, 0.25) is 0 Å². The van der Waals surface area contributed by atoms with Gasteiger partial charge < -0.3 is 4.90 Å². The second-order valence-electron chi connectivity index (χ2n) is 4.76. The van der Waals surface area contributed by atoms with Crippen LogP contribution in [0.4, 0.5) is 0 Å². The van der Waals surface area contributed by atoms with Crippen molar-refractivity contribution < 1.29 is 4.79 Å². The zero-order chi connectivity index (χ0) is 10.7. The lowest BCUT2D eigenvalue weighted by molar-refractivity contribution is -0.120. The van der Waals surface area contributed by atoms with E-state index in [4.69, 9.17) is 5.26 Å². The van der Waals surface area contributed by atoms with Crippen molar-refractivity contribution in [2.75, 3.05) is 19.6 Å². The summed E-state index contributed by atoms with van der Waals surface area (Å²) >= 11 is 0. The molecule has 0 aromatic rings. The summed E-state index contributed by atoms with van der Waals surface area (Å²) in [6.07, 6.45) is 5.00. The highest BCUT2D eigenvalue weighted by atomic mass is 16.1. The van der Waals surface area contributed by atoms with Crippen LogP contribution in [0.1, 0.15) is 32.1 Å². The maximum atomic E-state index is 11.4. The van der Waals surface area contributed by atoms with E-state index in [2.05, 4.69) is 11.0 Å². The van der Waals surface area contributed by atoms with E-state index in [-0.39, 0.29) is 5.92 Å². The first-order valence-electron chi connectivity index (χ1n) is 5.94. The molecule has 2 atom stereocenters. The highest BCUT2D eigenvalue weighted by Crippen LogP contribution is 2.25. The van der Waals surface area contributed by atoms with Gasteiger partial charge in [-0.3, -0.25) is 4.79 Å². The van der Waals surface area contributed by atoms with E-state index in [0.717, 1.165) is 51.7 Å². The molecule has 3 nitrogen and oxygen atoms in total. The SMILES string of the molecule is N#CC1CCN(CCC2CCCC2=O)C1. The molecule has 0 amide bonds. The fourth-order valence-corrected chi connectivity index (χ4v) is 2.67. The number of likely N-dealkylation sites (tertiary alicyclic amines) is 1. The molecule has 1 saturated carbocycles. The van der Waals surface area contributed by atoms with Crippen molar-refractivity contribution in [1.82, 2.24) is 4.90 Å². The lowest BCUT2D eigenvalue weighted by atomic mass is 10.0. The van der Waals surface area contributed by atoms with Crippen molar-refractivity contribution in [3.8, 4) is 6.07 Å². The van der Waals surface area contributed by atoms with Gasteiger partial charge in [-0.15, -0.1) is 0 Å². The fraction of sp³-hybridized carbons (Fsp3) is 0.833. The summed E-state index contributed by atoms with van der Waals surface area (Å²) in [6.45, 7) is 2.96. The molecule has 3 heteroatoms. The van der Waals surface area contributed by atoms with Crippen LogP contribution >= 0.6 is 0 Å². The van der Waals surface area contributed by atoms with Gasteiger partial charge in [-0.05, 0) is 38.8 Å². The molecule has 1 aliphatic heterocycles. The van der Waals surface area contributed by atoms with Crippen LogP contribution in [0, 0.1) is 23.2 Å². The van der Waals surface area contributed by atoms with Crippen molar-refractivity contribution in [1.29, 1.82) is 5.26 Å². The minimum absolute atomic E-state index is 0.226. The lowest BCUT2D eigenvalue weighted by Crippen LogP contribution is -2.24. The van der Waals surface area contributed by atoms with Gasteiger partial charge >= 0.3 is 0 Å². The average molecular weight is 206 g/mol. The van der Waals surface area contributed by atoms with Crippen LogP contribution in [-0.4, -0.2) is 30.3 Å². The van der Waals surface area contributed by atoms with E-state index in [1.807, 2.05) is 0 Å². The third-order valence-corrected chi connectivity index (χ3v) is 3.68. The molecule has 2 rings (SSSR count). The molecule has 0 aromatic heterocycles. The molecule has 0 spiro atoms. The molecule has 1 saturated heterocycles. The minimum Gasteiger partial charge on any atom is -0.302 e. The molecule has 1 heterocycles. The van der Waals surface area contributed by atoms with Crippen LogP contribution in [0.3, 0.4) is 0 Å². The first kappa shape index (κ1) is 10.6. The van der Waals surface area contributed by atoms with Crippen LogP contribution in [0.5, 0.6) is 0 Å². The molecule has 0 aromatic carbocycles. The van der Waals surface area contributed by atoms with Gasteiger partial charge in [0.05, 0.1) is 12.0 Å². The zero-order valence-corrected chi connectivity index (χ0v) is 9.11. The number of carbonyl (C=O) groups is 1. The predicted octanol–water partition coefficient (Wildman–Crippen LogP) is 1.59. The van der Waals surface area contributed by atoms with Gasteiger partial charge in [-0.2, -0.15) is 5.26 Å². The van der Waals surface area contributed by atoms with E-state index in [0.29, 0.717) is 11.7 Å². The van der Waals surface area contributed by atoms with Gasteiger partial charge in [-0.25, -0.2) is 0 Å². The summed E-state index contributed by atoms with van der Waals surface area (Å²) in [6, 6.07) is 2.32. The molecule has 2 aliphatic rings. The third kappa shape index (κ3) is 2.57. The van der Waals surface area contributed by atoms with Crippen molar-refractivity contribution in [2.45, 2.75) is 32.1 Å². The maximum absolute atomic E-state index is 11.4. The molecule has 82 valence electrons. The summed E-state index contributed by atoms with van der Waals surface area (Å²) in [5.74, 6) is 1.02. The van der Waals surface area contributed by atoms with E-state index >= 15 is 0 Å². The van der Waals surface area contributed by atoms with E-state index < -0.39 is 0 Å². The van der Waals surface area contributed by atoms with E-state index in [9.17, 15) is 4.79 Å². The largest absolute Gasteiger partial charge is 0.302 e. The van der Waals surface area contributed by atoms with Crippen molar-refractivity contribution >= 4 is 5.78 Å². The van der Waals surface area contributed by atoms with Crippen molar-refractivity contribution in [2.24, 2.45) is 11.8 Å². The topological polar surface area (TPSA) is 44.1 Å². The van der Waals surface area contributed by atoms with Gasteiger partial charge in [0, 0.05) is 18.9 Å². The van der Waals surface area contributed by atoms with Gasteiger partial charge in [0.15, 0.2) is 0 Å². The van der Waals surface area contributed by atoms with Gasteiger partial charge in [0.25, 0.3) is 0 Å². The maximum Gasteiger partial charge on any atom is 0.136 e. The molecule has 2 fully saturated rings. The average Bonchev–Trinajstić information content (AvgIpc) is 2.84. The highest BCUT2D eigenvalue weighted by molar-refractivity contribution is 5.82. The lowest BCUT2D eigenvalue weighted by Gasteiger charge is -2.16. The molecule has 0 radical (unpaired) electrons. The number of nitrogens with zero attached hydrogens (tertiary/aromatic N) is 2. The molecule has 15 heavy (non-hydrogen) atoms. The third-order valence-electron chi connectivity index (χ3n) is 3.68. The van der Waals surface area contributed by atoms with Gasteiger partial charge in [0.2, 0.25) is 0 Å². The van der Waals surface area contributed by atoms with E-state index in [1.54, 1.807) is 0 Å². The minimum atomic E-state index is 0.226. The Labute approximate surface area is 91.1 Å². The van der Waals surface area contributed by atoms with Crippen LogP contribution in [0.25, 0.3) is 0 Å². The number of hydrogen-bond donors (Lipinski definition) is 0. The van der Waals surface area contributed by atoms with Crippen LogP contribution < -0.4 is 0 Å². The fourth-order valence-electron chi connectivity index (χ4n) is 2.67. The summed E-state index contributed by atoms with van der Waals surface area (Å²) in [4.78, 5) is 13.8. The smallest absolute Gasteiger partial charge is 0.136 e. The Morgan fingerprint density at radius 1 is 1.47 bits per heavy atom. The van der Waals surface area contributed by atoms with Gasteiger partial charge in [-0.1, -0.05) is 0 Å². The monoisotopic (exact) mass is 206 g/mol. The number of nitriles is 1. The van der Waals surface area contributed by atoms with Crippen LogP contribution in [0.15, 0.2) is 0 Å². The molecule has 0 N–H and O–H groups in total. The first-order valence-corrected chi connectivity index (χ1v) is 5.94. The predicted molar refractivity (Wildman–Crippen MR) is 57.1 cm³/mol.